The van der Waals surface area contributed by atoms with Gasteiger partial charge in [-0.2, -0.15) is 0 Å². The molecule has 0 bridgehead atoms. The summed E-state index contributed by atoms with van der Waals surface area (Å²) in [5.41, 5.74) is 7.44. The Morgan fingerprint density at radius 2 is 1.95 bits per heavy atom. The fourth-order valence-corrected chi connectivity index (χ4v) is 3.60. The zero-order chi connectivity index (χ0) is 16.2. The average molecular weight is 324 g/mol. The van der Waals surface area contributed by atoms with Crippen molar-refractivity contribution in [1.29, 1.82) is 0 Å². The molecule has 7 heteroatoms. The standard InChI is InChI=1S/C15H24N4O2S/c1-11(2)19-22(20,21)10-13-6-4-3-5-12(13)9-17-15(16)18-14-7-8-14/h3-6,11,14,19H,7-10H2,1-2H3,(H3,16,17,18). The van der Waals surface area contributed by atoms with Crippen molar-refractivity contribution in [2.75, 3.05) is 0 Å². The molecule has 122 valence electrons. The molecule has 0 aliphatic heterocycles. The second-order valence-corrected chi connectivity index (χ2v) is 7.67. The van der Waals surface area contributed by atoms with E-state index in [4.69, 9.17) is 5.73 Å². The van der Waals surface area contributed by atoms with Crippen molar-refractivity contribution in [3.8, 4) is 0 Å². The molecule has 0 aromatic heterocycles. The summed E-state index contributed by atoms with van der Waals surface area (Å²) in [6.07, 6.45) is 2.26. The van der Waals surface area contributed by atoms with Crippen LogP contribution in [-0.2, 0) is 22.3 Å². The van der Waals surface area contributed by atoms with Gasteiger partial charge in [-0.05, 0) is 37.8 Å². The zero-order valence-electron chi connectivity index (χ0n) is 13.0. The Balaban J connectivity index is 2.06. The van der Waals surface area contributed by atoms with Gasteiger partial charge in [-0.1, -0.05) is 24.3 Å². The van der Waals surface area contributed by atoms with E-state index in [0.717, 1.165) is 24.0 Å². The summed E-state index contributed by atoms with van der Waals surface area (Å²) in [5, 5.41) is 3.12. The quantitative estimate of drug-likeness (QED) is 0.516. The van der Waals surface area contributed by atoms with Gasteiger partial charge in [-0.3, -0.25) is 0 Å². The lowest BCUT2D eigenvalue weighted by Crippen LogP contribution is -2.33. The largest absolute Gasteiger partial charge is 0.370 e. The molecular weight excluding hydrogens is 300 g/mol. The van der Waals surface area contributed by atoms with Crippen molar-refractivity contribution in [3.63, 3.8) is 0 Å². The lowest BCUT2D eigenvalue weighted by molar-refractivity contribution is 0.569. The van der Waals surface area contributed by atoms with Crippen molar-refractivity contribution in [1.82, 2.24) is 10.0 Å². The lowest BCUT2D eigenvalue weighted by Gasteiger charge is -2.12. The summed E-state index contributed by atoms with van der Waals surface area (Å²) in [6.45, 7) is 3.98. The summed E-state index contributed by atoms with van der Waals surface area (Å²) < 4.78 is 26.7. The van der Waals surface area contributed by atoms with Crippen LogP contribution in [0.25, 0.3) is 0 Å². The van der Waals surface area contributed by atoms with Crippen LogP contribution >= 0.6 is 0 Å². The summed E-state index contributed by atoms with van der Waals surface area (Å²) >= 11 is 0. The van der Waals surface area contributed by atoms with Crippen LogP contribution in [0.1, 0.15) is 37.8 Å². The van der Waals surface area contributed by atoms with Crippen LogP contribution in [0.2, 0.25) is 0 Å². The number of aliphatic imine (C=N–C) groups is 1. The van der Waals surface area contributed by atoms with Gasteiger partial charge in [0.2, 0.25) is 10.0 Å². The molecule has 0 atom stereocenters. The maximum atomic E-state index is 12.1. The highest BCUT2D eigenvalue weighted by Crippen LogP contribution is 2.18. The first-order chi connectivity index (χ1) is 10.4. The highest BCUT2D eigenvalue weighted by atomic mass is 32.2. The highest BCUT2D eigenvalue weighted by Gasteiger charge is 2.21. The van der Waals surface area contributed by atoms with E-state index in [0.29, 0.717) is 18.5 Å². The number of rotatable bonds is 7. The summed E-state index contributed by atoms with van der Waals surface area (Å²) in [7, 11) is -3.35. The molecule has 0 heterocycles. The number of nitrogens with zero attached hydrogens (tertiary/aromatic N) is 1. The Bertz CT molecular complexity index is 637. The molecule has 6 nitrogen and oxygen atoms in total. The van der Waals surface area contributed by atoms with Crippen molar-refractivity contribution >= 4 is 16.0 Å². The highest BCUT2D eigenvalue weighted by molar-refractivity contribution is 7.88. The van der Waals surface area contributed by atoms with Gasteiger partial charge in [0.15, 0.2) is 5.96 Å². The van der Waals surface area contributed by atoms with Gasteiger partial charge in [0, 0.05) is 12.1 Å². The van der Waals surface area contributed by atoms with Crippen molar-refractivity contribution in [2.45, 2.75) is 51.1 Å². The summed E-state index contributed by atoms with van der Waals surface area (Å²) in [6, 6.07) is 7.74. The molecule has 1 saturated carbocycles. The average Bonchev–Trinajstić information content (AvgIpc) is 3.19. The third-order valence-corrected chi connectivity index (χ3v) is 4.75. The van der Waals surface area contributed by atoms with E-state index in [9.17, 15) is 8.42 Å². The van der Waals surface area contributed by atoms with Crippen LogP contribution in [0.15, 0.2) is 29.3 Å². The molecule has 0 spiro atoms. The topological polar surface area (TPSA) is 96.6 Å². The molecule has 0 amide bonds. The van der Waals surface area contributed by atoms with Crippen molar-refractivity contribution in [2.24, 2.45) is 10.7 Å². The molecule has 1 fully saturated rings. The second kappa shape index (κ2) is 7.11. The fourth-order valence-electron chi connectivity index (χ4n) is 2.11. The first kappa shape index (κ1) is 16.8. The number of nitrogens with two attached hydrogens (primary N) is 1. The lowest BCUT2D eigenvalue weighted by atomic mass is 10.1. The van der Waals surface area contributed by atoms with Gasteiger partial charge < -0.3 is 11.1 Å². The summed E-state index contributed by atoms with van der Waals surface area (Å²) in [4.78, 5) is 4.29. The smallest absolute Gasteiger partial charge is 0.216 e. The summed E-state index contributed by atoms with van der Waals surface area (Å²) in [5.74, 6) is 0.368. The number of guanidine groups is 1. The van der Waals surface area contributed by atoms with E-state index in [1.165, 1.54) is 0 Å². The number of hydrogen-bond donors (Lipinski definition) is 3. The van der Waals surface area contributed by atoms with Gasteiger partial charge in [-0.25, -0.2) is 18.1 Å². The fraction of sp³-hybridized carbons (Fsp3) is 0.533. The minimum absolute atomic E-state index is 0.0488. The molecule has 4 N–H and O–H groups in total. The van der Waals surface area contributed by atoms with Gasteiger partial charge in [0.1, 0.15) is 0 Å². The molecule has 0 saturated heterocycles. The monoisotopic (exact) mass is 324 g/mol. The van der Waals surface area contributed by atoms with E-state index in [2.05, 4.69) is 15.0 Å². The number of benzene rings is 1. The SMILES string of the molecule is CC(C)NS(=O)(=O)Cc1ccccc1CN=C(N)NC1CC1. The Kier molecular flexibility index (Phi) is 5.42. The minimum Gasteiger partial charge on any atom is -0.370 e. The molecule has 1 aromatic carbocycles. The van der Waals surface area contributed by atoms with E-state index in [1.54, 1.807) is 13.8 Å². The first-order valence-electron chi connectivity index (χ1n) is 7.49. The third-order valence-electron chi connectivity index (χ3n) is 3.23. The number of nitrogens with one attached hydrogen (secondary N) is 2. The maximum Gasteiger partial charge on any atom is 0.216 e. The van der Waals surface area contributed by atoms with Crippen LogP contribution in [0, 0.1) is 0 Å². The zero-order valence-corrected chi connectivity index (χ0v) is 13.9. The van der Waals surface area contributed by atoms with Crippen LogP contribution < -0.4 is 15.8 Å². The molecule has 22 heavy (non-hydrogen) atoms. The Hall–Kier alpha value is -1.60. The van der Waals surface area contributed by atoms with Gasteiger partial charge in [0.05, 0.1) is 12.3 Å². The van der Waals surface area contributed by atoms with Crippen molar-refractivity contribution in [3.05, 3.63) is 35.4 Å². The Labute approximate surface area is 132 Å². The van der Waals surface area contributed by atoms with Gasteiger partial charge in [0.25, 0.3) is 0 Å². The molecular formula is C15H24N4O2S. The normalized spacial score (nSPS) is 16.0. The molecule has 1 aliphatic carbocycles. The van der Waals surface area contributed by atoms with E-state index in [-0.39, 0.29) is 11.8 Å². The van der Waals surface area contributed by atoms with E-state index >= 15 is 0 Å². The maximum absolute atomic E-state index is 12.1. The number of sulfonamides is 1. The Morgan fingerprint density at radius 1 is 1.32 bits per heavy atom. The molecule has 1 aliphatic rings. The van der Waals surface area contributed by atoms with E-state index < -0.39 is 10.0 Å². The number of hydrogen-bond acceptors (Lipinski definition) is 3. The third kappa shape index (κ3) is 5.65. The first-order valence-corrected chi connectivity index (χ1v) is 9.14. The van der Waals surface area contributed by atoms with Crippen LogP contribution in [-0.4, -0.2) is 26.5 Å². The van der Waals surface area contributed by atoms with Crippen molar-refractivity contribution < 1.29 is 8.42 Å². The van der Waals surface area contributed by atoms with Gasteiger partial charge in [-0.15, -0.1) is 0 Å². The second-order valence-electron chi connectivity index (χ2n) is 5.92. The van der Waals surface area contributed by atoms with Crippen LogP contribution in [0.3, 0.4) is 0 Å². The minimum atomic E-state index is -3.35. The van der Waals surface area contributed by atoms with E-state index in [1.807, 2.05) is 24.3 Å². The molecule has 0 radical (unpaired) electrons. The molecule has 0 unspecified atom stereocenters. The van der Waals surface area contributed by atoms with Gasteiger partial charge >= 0.3 is 0 Å². The molecule has 1 aromatic rings. The predicted molar refractivity (Wildman–Crippen MR) is 88.8 cm³/mol. The van der Waals surface area contributed by atoms with Crippen LogP contribution in [0.4, 0.5) is 0 Å². The predicted octanol–water partition coefficient (Wildman–Crippen LogP) is 1.08. The molecule has 2 rings (SSSR count). The van der Waals surface area contributed by atoms with Crippen LogP contribution in [0.5, 0.6) is 0 Å². The Morgan fingerprint density at radius 3 is 2.55 bits per heavy atom.